The van der Waals surface area contributed by atoms with Crippen molar-refractivity contribution in [3.63, 3.8) is 0 Å². The van der Waals surface area contributed by atoms with Crippen LogP contribution in [0.25, 0.3) is 0 Å². The molecule has 2 aliphatic rings. The number of nitrogens with zero attached hydrogens (tertiary/aromatic N) is 3. The maximum Gasteiger partial charge on any atom is 0.417 e. The fourth-order valence-corrected chi connectivity index (χ4v) is 5.00. The number of halogens is 3. The van der Waals surface area contributed by atoms with E-state index in [9.17, 15) is 22.8 Å². The standard InChI is InChI=1S/C24H31F3N4O2/c1-4-23(2,3)22(33)31-13-18(19(14-31)21(29)32)15-7-9-30(10-8-15)17-6-5-16(12-28)20(11-17)24(25,26)27/h5-6,11,15,18-19H,4,7-10,13-14H2,1-3H3,(H2,29,32)/t18-,19+/m0/s1. The number of nitrogens with two attached hydrogens (primary N) is 1. The highest BCUT2D eigenvalue weighted by molar-refractivity contribution is 5.84. The molecule has 2 aliphatic heterocycles. The van der Waals surface area contributed by atoms with Gasteiger partial charge < -0.3 is 15.5 Å². The van der Waals surface area contributed by atoms with Crippen molar-refractivity contribution < 1.29 is 22.8 Å². The molecular weight excluding hydrogens is 433 g/mol. The summed E-state index contributed by atoms with van der Waals surface area (Å²) < 4.78 is 40.0. The molecule has 2 saturated heterocycles. The highest BCUT2D eigenvalue weighted by atomic mass is 19.4. The van der Waals surface area contributed by atoms with Gasteiger partial charge in [0.05, 0.1) is 23.1 Å². The van der Waals surface area contributed by atoms with E-state index in [1.54, 1.807) is 17.0 Å². The Hall–Kier alpha value is -2.76. The lowest BCUT2D eigenvalue weighted by Gasteiger charge is -2.37. The second-order valence-electron chi connectivity index (χ2n) is 9.78. The minimum Gasteiger partial charge on any atom is -0.372 e. The fourth-order valence-electron chi connectivity index (χ4n) is 5.00. The van der Waals surface area contributed by atoms with Crippen LogP contribution in [0.1, 0.15) is 51.2 Å². The van der Waals surface area contributed by atoms with E-state index in [1.807, 2.05) is 25.7 Å². The predicted octanol–water partition coefficient (Wildman–Crippen LogP) is 3.79. The summed E-state index contributed by atoms with van der Waals surface area (Å²) in [6.07, 6.45) is -2.53. The van der Waals surface area contributed by atoms with Crippen LogP contribution < -0.4 is 10.6 Å². The number of piperidine rings is 1. The predicted molar refractivity (Wildman–Crippen MR) is 118 cm³/mol. The molecule has 0 saturated carbocycles. The molecule has 0 unspecified atom stereocenters. The molecule has 2 atom stereocenters. The SMILES string of the molecule is CCC(C)(C)C(=O)N1C[C@@H](C(N)=O)[C@H](C2CCN(c3ccc(C#N)c(C(F)(F)F)c3)CC2)C1. The Morgan fingerprint density at radius 3 is 2.33 bits per heavy atom. The molecule has 3 rings (SSSR count). The summed E-state index contributed by atoms with van der Waals surface area (Å²) in [6.45, 7) is 7.62. The van der Waals surface area contributed by atoms with Crippen molar-refractivity contribution in [3.8, 4) is 6.07 Å². The minimum absolute atomic E-state index is 0.0217. The van der Waals surface area contributed by atoms with E-state index in [1.165, 1.54) is 6.07 Å². The van der Waals surface area contributed by atoms with Gasteiger partial charge >= 0.3 is 6.18 Å². The number of hydrogen-bond acceptors (Lipinski definition) is 4. The van der Waals surface area contributed by atoms with Crippen LogP contribution in [0.15, 0.2) is 18.2 Å². The Kier molecular flexibility index (Phi) is 6.96. The molecule has 2 N–H and O–H groups in total. The average molecular weight is 465 g/mol. The Bertz CT molecular complexity index is 946. The van der Waals surface area contributed by atoms with E-state index < -0.39 is 34.5 Å². The molecule has 2 heterocycles. The number of likely N-dealkylation sites (tertiary alicyclic amines) is 1. The molecule has 1 aromatic carbocycles. The van der Waals surface area contributed by atoms with Crippen molar-refractivity contribution in [1.82, 2.24) is 4.90 Å². The fraction of sp³-hybridized carbons (Fsp3) is 0.625. The summed E-state index contributed by atoms with van der Waals surface area (Å²) in [5.41, 5.74) is 4.28. The normalized spacial score (nSPS) is 22.3. The number of hydrogen-bond donors (Lipinski definition) is 1. The Balaban J connectivity index is 1.72. The smallest absolute Gasteiger partial charge is 0.372 e. The van der Waals surface area contributed by atoms with Gasteiger partial charge in [0.2, 0.25) is 11.8 Å². The second kappa shape index (κ2) is 9.24. The van der Waals surface area contributed by atoms with Gasteiger partial charge in [0, 0.05) is 37.3 Å². The summed E-state index contributed by atoms with van der Waals surface area (Å²) in [5.74, 6) is -0.693. The quantitative estimate of drug-likeness (QED) is 0.718. The van der Waals surface area contributed by atoms with Crippen molar-refractivity contribution in [2.24, 2.45) is 28.9 Å². The van der Waals surface area contributed by atoms with Crippen LogP contribution in [0.5, 0.6) is 0 Å². The molecule has 0 spiro atoms. The van der Waals surface area contributed by atoms with Crippen molar-refractivity contribution in [3.05, 3.63) is 29.3 Å². The second-order valence-corrected chi connectivity index (χ2v) is 9.78. The van der Waals surface area contributed by atoms with E-state index in [4.69, 9.17) is 11.0 Å². The monoisotopic (exact) mass is 464 g/mol. The molecular formula is C24H31F3N4O2. The number of rotatable bonds is 5. The molecule has 33 heavy (non-hydrogen) atoms. The first-order chi connectivity index (χ1) is 15.4. The zero-order chi connectivity index (χ0) is 24.6. The highest BCUT2D eigenvalue weighted by Gasteiger charge is 2.45. The van der Waals surface area contributed by atoms with Crippen molar-refractivity contribution in [1.29, 1.82) is 5.26 Å². The number of alkyl halides is 3. The maximum absolute atomic E-state index is 13.3. The molecule has 0 aliphatic carbocycles. The van der Waals surface area contributed by atoms with Crippen LogP contribution in [0, 0.1) is 34.5 Å². The Morgan fingerprint density at radius 2 is 1.82 bits per heavy atom. The van der Waals surface area contributed by atoms with E-state index in [0.717, 1.165) is 6.07 Å². The van der Waals surface area contributed by atoms with Gasteiger partial charge in [-0.3, -0.25) is 9.59 Å². The number of carbonyl (C=O) groups excluding carboxylic acids is 2. The molecule has 0 aromatic heterocycles. The van der Waals surface area contributed by atoms with Gasteiger partial charge in [-0.25, -0.2) is 0 Å². The number of anilines is 1. The first-order valence-electron chi connectivity index (χ1n) is 11.3. The third-order valence-corrected chi connectivity index (χ3v) is 7.42. The number of carbonyl (C=O) groups is 2. The van der Waals surface area contributed by atoms with Gasteiger partial charge in [-0.1, -0.05) is 20.8 Å². The van der Waals surface area contributed by atoms with E-state index in [-0.39, 0.29) is 17.7 Å². The molecule has 0 radical (unpaired) electrons. The Labute approximate surface area is 192 Å². The largest absolute Gasteiger partial charge is 0.417 e. The molecule has 6 nitrogen and oxygen atoms in total. The average Bonchev–Trinajstić information content (AvgIpc) is 3.23. The lowest BCUT2D eigenvalue weighted by molar-refractivity contribution is -0.140. The van der Waals surface area contributed by atoms with E-state index >= 15 is 0 Å². The first kappa shape index (κ1) is 24.9. The van der Waals surface area contributed by atoms with Crippen LogP contribution in [0.2, 0.25) is 0 Å². The molecule has 180 valence electrons. The van der Waals surface area contributed by atoms with Crippen molar-refractivity contribution >= 4 is 17.5 Å². The van der Waals surface area contributed by atoms with Crippen LogP contribution in [-0.4, -0.2) is 42.9 Å². The number of amides is 2. The number of primary amides is 1. The van der Waals surface area contributed by atoms with Gasteiger partial charge in [0.15, 0.2) is 0 Å². The number of nitriles is 1. The lowest BCUT2D eigenvalue weighted by Crippen LogP contribution is -2.41. The molecule has 0 bridgehead atoms. The van der Waals surface area contributed by atoms with Gasteiger partial charge in [-0.15, -0.1) is 0 Å². The van der Waals surface area contributed by atoms with Crippen LogP contribution in [-0.2, 0) is 15.8 Å². The van der Waals surface area contributed by atoms with Crippen LogP contribution in [0.4, 0.5) is 18.9 Å². The number of benzene rings is 1. The lowest BCUT2D eigenvalue weighted by atomic mass is 9.78. The molecule has 2 fully saturated rings. The zero-order valence-electron chi connectivity index (χ0n) is 19.3. The van der Waals surface area contributed by atoms with Gasteiger partial charge in [0.25, 0.3) is 0 Å². The maximum atomic E-state index is 13.3. The summed E-state index contributed by atoms with van der Waals surface area (Å²) in [5, 5.41) is 9.01. The highest BCUT2D eigenvalue weighted by Crippen LogP contribution is 2.40. The topological polar surface area (TPSA) is 90.4 Å². The van der Waals surface area contributed by atoms with Gasteiger partial charge in [-0.2, -0.15) is 18.4 Å². The summed E-state index contributed by atoms with van der Waals surface area (Å²) >= 11 is 0. The minimum atomic E-state index is -4.60. The third kappa shape index (κ3) is 5.10. The Morgan fingerprint density at radius 1 is 1.18 bits per heavy atom. The van der Waals surface area contributed by atoms with Crippen molar-refractivity contribution in [2.75, 3.05) is 31.1 Å². The van der Waals surface area contributed by atoms with Crippen molar-refractivity contribution in [2.45, 2.75) is 46.2 Å². The van der Waals surface area contributed by atoms with Crippen LogP contribution >= 0.6 is 0 Å². The molecule has 2 amide bonds. The van der Waals surface area contributed by atoms with Gasteiger partial charge in [0.1, 0.15) is 0 Å². The van der Waals surface area contributed by atoms with E-state index in [2.05, 4.69) is 0 Å². The van der Waals surface area contributed by atoms with Crippen LogP contribution in [0.3, 0.4) is 0 Å². The molecule has 1 aromatic rings. The zero-order valence-corrected chi connectivity index (χ0v) is 19.3. The van der Waals surface area contributed by atoms with Gasteiger partial charge in [-0.05, 0) is 49.3 Å². The summed E-state index contributed by atoms with van der Waals surface area (Å²) in [4.78, 5) is 28.7. The third-order valence-electron chi connectivity index (χ3n) is 7.42. The summed E-state index contributed by atoms with van der Waals surface area (Å²) in [7, 11) is 0. The first-order valence-corrected chi connectivity index (χ1v) is 11.3. The van der Waals surface area contributed by atoms with E-state index in [0.29, 0.717) is 51.1 Å². The molecule has 9 heteroatoms. The summed E-state index contributed by atoms with van der Waals surface area (Å²) in [6, 6.07) is 5.40.